The molecule has 3 aliphatic rings. The average Bonchev–Trinajstić information content (AvgIpc) is 3.04. The van der Waals surface area contributed by atoms with Gasteiger partial charge in [0.15, 0.2) is 0 Å². The van der Waals surface area contributed by atoms with E-state index in [1.807, 2.05) is 11.9 Å². The smallest absolute Gasteiger partial charge is 0.417 e. The Hall–Kier alpha value is -4.20. The molecule has 0 aromatic heterocycles. The van der Waals surface area contributed by atoms with Crippen molar-refractivity contribution in [1.29, 1.82) is 0 Å². The van der Waals surface area contributed by atoms with Crippen molar-refractivity contribution in [3.63, 3.8) is 0 Å². The maximum Gasteiger partial charge on any atom is 0.417 e. The summed E-state index contributed by atoms with van der Waals surface area (Å²) in [7, 11) is 1.92. The van der Waals surface area contributed by atoms with Crippen molar-refractivity contribution in [1.82, 2.24) is 15.1 Å². The Bertz CT molecular complexity index is 1640. The summed E-state index contributed by atoms with van der Waals surface area (Å²) in [6.45, 7) is 13.8. The van der Waals surface area contributed by atoms with Gasteiger partial charge in [0.25, 0.3) is 5.91 Å². The van der Waals surface area contributed by atoms with E-state index in [2.05, 4.69) is 27.0 Å². The number of allylic oxidation sites excluding steroid dienone is 1. The molecule has 13 heteroatoms. The number of carbonyl (C=O) groups excluding carboxylic acids is 2. The molecule has 0 bridgehead atoms. The second kappa shape index (κ2) is 14.7. The standard InChI is InChI=1S/C36H43F4N5O4/c1-23-16-29(36(38,39)40)28(19-41-23)33(46)42-31-18-25(27-17-24(6-8-30(27)37)20-44-12-14-48-15-13-44)7-9-32(31)45-11-10-43(5)26(21-45)22-49-34(47)35(2,3)4/h6-9,16-19,26,41H,1,10-15,20-22H2,2-5H3,(H,42,46). The number of rotatable bonds is 8. The number of ether oxygens (including phenoxy) is 2. The Morgan fingerprint density at radius 2 is 1.80 bits per heavy atom. The number of esters is 1. The van der Waals surface area contributed by atoms with Crippen LogP contribution in [0.3, 0.4) is 0 Å². The van der Waals surface area contributed by atoms with Crippen LogP contribution in [-0.4, -0.2) is 93.5 Å². The van der Waals surface area contributed by atoms with Gasteiger partial charge in [-0.15, -0.1) is 0 Å². The summed E-state index contributed by atoms with van der Waals surface area (Å²) in [5, 5.41) is 5.29. The van der Waals surface area contributed by atoms with Gasteiger partial charge in [0.05, 0.1) is 47.2 Å². The Kier molecular flexibility index (Phi) is 10.9. The number of carbonyl (C=O) groups is 2. The number of morpholine rings is 1. The number of hydrogen-bond acceptors (Lipinski definition) is 8. The van der Waals surface area contributed by atoms with E-state index < -0.39 is 34.5 Å². The summed E-state index contributed by atoms with van der Waals surface area (Å²) >= 11 is 0. The molecule has 0 spiro atoms. The molecule has 2 aromatic carbocycles. The highest BCUT2D eigenvalue weighted by Gasteiger charge is 2.40. The monoisotopic (exact) mass is 685 g/mol. The number of amides is 1. The first-order valence-corrected chi connectivity index (χ1v) is 16.2. The first kappa shape index (κ1) is 36.1. The van der Waals surface area contributed by atoms with Gasteiger partial charge < -0.3 is 25.0 Å². The van der Waals surface area contributed by atoms with Crippen LogP contribution in [0.25, 0.3) is 11.1 Å². The van der Waals surface area contributed by atoms with Gasteiger partial charge in [0.2, 0.25) is 0 Å². The van der Waals surface area contributed by atoms with Crippen LogP contribution in [0.15, 0.2) is 72.1 Å². The first-order chi connectivity index (χ1) is 23.1. The fraction of sp³-hybridized carbons (Fsp3) is 0.444. The minimum atomic E-state index is -4.81. The second-order valence-electron chi connectivity index (χ2n) is 13.6. The van der Waals surface area contributed by atoms with E-state index in [0.717, 1.165) is 30.9 Å². The summed E-state index contributed by atoms with van der Waals surface area (Å²) in [5.41, 5.74) is -0.0456. The largest absolute Gasteiger partial charge is 0.464 e. The predicted octanol–water partition coefficient (Wildman–Crippen LogP) is 5.46. The van der Waals surface area contributed by atoms with Crippen LogP contribution < -0.4 is 15.5 Å². The fourth-order valence-electron chi connectivity index (χ4n) is 5.87. The number of benzene rings is 2. The summed E-state index contributed by atoms with van der Waals surface area (Å²) < 4.78 is 68.4. The molecule has 2 aromatic rings. The number of nitrogens with one attached hydrogen (secondary N) is 2. The quantitative estimate of drug-likeness (QED) is 0.280. The van der Waals surface area contributed by atoms with E-state index in [1.54, 1.807) is 51.1 Å². The van der Waals surface area contributed by atoms with E-state index in [0.29, 0.717) is 56.2 Å². The molecule has 0 radical (unpaired) electrons. The molecule has 2 fully saturated rings. The number of hydrogen-bond donors (Lipinski definition) is 2. The third kappa shape index (κ3) is 8.89. The van der Waals surface area contributed by atoms with Gasteiger partial charge in [-0.05, 0) is 69.3 Å². The van der Waals surface area contributed by atoms with Gasteiger partial charge in [0.1, 0.15) is 12.4 Å². The molecule has 49 heavy (non-hydrogen) atoms. The topological polar surface area (TPSA) is 86.4 Å². The zero-order valence-electron chi connectivity index (χ0n) is 28.3. The molecule has 3 heterocycles. The highest BCUT2D eigenvalue weighted by molar-refractivity contribution is 6.09. The normalized spacial score (nSPS) is 19.6. The second-order valence-corrected chi connectivity index (χ2v) is 13.6. The van der Waals surface area contributed by atoms with Crippen molar-refractivity contribution in [2.24, 2.45) is 5.41 Å². The van der Waals surface area contributed by atoms with Gasteiger partial charge in [-0.2, -0.15) is 13.2 Å². The van der Waals surface area contributed by atoms with Crippen molar-refractivity contribution in [3.8, 4) is 11.1 Å². The van der Waals surface area contributed by atoms with E-state index >= 15 is 4.39 Å². The van der Waals surface area contributed by atoms with Crippen LogP contribution >= 0.6 is 0 Å². The Morgan fingerprint density at radius 1 is 1.06 bits per heavy atom. The molecular weight excluding hydrogens is 642 g/mol. The van der Waals surface area contributed by atoms with Crippen molar-refractivity contribution < 1.29 is 36.6 Å². The van der Waals surface area contributed by atoms with Gasteiger partial charge >= 0.3 is 12.1 Å². The molecule has 0 aliphatic carbocycles. The molecular formula is C36H43F4N5O4. The van der Waals surface area contributed by atoms with Crippen LogP contribution in [0.5, 0.6) is 0 Å². The first-order valence-electron chi connectivity index (χ1n) is 16.2. The highest BCUT2D eigenvalue weighted by atomic mass is 19.4. The Labute approximate surface area is 284 Å². The lowest BCUT2D eigenvalue weighted by molar-refractivity contribution is -0.154. The van der Waals surface area contributed by atoms with E-state index in [1.165, 1.54) is 6.07 Å². The minimum absolute atomic E-state index is 0.00497. The van der Waals surface area contributed by atoms with Gasteiger partial charge in [-0.25, -0.2) is 4.39 Å². The molecule has 3 aliphatic heterocycles. The van der Waals surface area contributed by atoms with E-state index in [-0.39, 0.29) is 30.0 Å². The number of piperazine rings is 1. The Balaban J connectivity index is 1.48. The summed E-state index contributed by atoms with van der Waals surface area (Å²) in [5.74, 6) is -1.80. The van der Waals surface area contributed by atoms with Gasteiger partial charge in [0, 0.05) is 56.7 Å². The number of dihydropyridines is 1. The average molecular weight is 686 g/mol. The predicted molar refractivity (Wildman–Crippen MR) is 180 cm³/mol. The van der Waals surface area contributed by atoms with Crippen molar-refractivity contribution in [2.45, 2.75) is 39.5 Å². The molecule has 264 valence electrons. The van der Waals surface area contributed by atoms with Gasteiger partial charge in [-0.3, -0.25) is 19.4 Å². The highest BCUT2D eigenvalue weighted by Crippen LogP contribution is 2.37. The number of halogens is 4. The molecule has 5 rings (SSSR count). The Morgan fingerprint density at radius 3 is 2.49 bits per heavy atom. The summed E-state index contributed by atoms with van der Waals surface area (Å²) in [6.07, 6.45) is -3.04. The maximum absolute atomic E-state index is 15.4. The minimum Gasteiger partial charge on any atom is -0.464 e. The lowest BCUT2D eigenvalue weighted by Crippen LogP contribution is -2.54. The number of nitrogens with zero attached hydrogens (tertiary/aromatic N) is 3. The summed E-state index contributed by atoms with van der Waals surface area (Å²) in [6, 6.07) is 9.73. The lowest BCUT2D eigenvalue weighted by atomic mass is 9.97. The molecule has 1 amide bonds. The molecule has 1 unspecified atom stereocenters. The van der Waals surface area contributed by atoms with Crippen molar-refractivity contribution in [2.75, 3.05) is 69.8 Å². The van der Waals surface area contributed by atoms with Gasteiger partial charge in [-0.1, -0.05) is 18.7 Å². The third-order valence-electron chi connectivity index (χ3n) is 8.79. The third-order valence-corrected chi connectivity index (χ3v) is 8.79. The number of likely N-dealkylation sites (N-methyl/N-ethyl adjacent to an activating group) is 1. The zero-order chi connectivity index (χ0) is 35.5. The van der Waals surface area contributed by atoms with E-state index in [4.69, 9.17) is 9.47 Å². The number of alkyl halides is 3. The van der Waals surface area contributed by atoms with Crippen LogP contribution in [-0.2, 0) is 25.6 Å². The zero-order valence-corrected chi connectivity index (χ0v) is 28.3. The van der Waals surface area contributed by atoms with Crippen LogP contribution in [0.4, 0.5) is 28.9 Å². The van der Waals surface area contributed by atoms with Crippen LogP contribution in [0.2, 0.25) is 0 Å². The maximum atomic E-state index is 15.4. The lowest BCUT2D eigenvalue weighted by Gasteiger charge is -2.41. The molecule has 1 atom stereocenters. The fourth-order valence-corrected chi connectivity index (χ4v) is 5.87. The van der Waals surface area contributed by atoms with Crippen molar-refractivity contribution in [3.05, 3.63) is 83.5 Å². The van der Waals surface area contributed by atoms with Crippen LogP contribution in [0, 0.1) is 11.2 Å². The molecule has 2 saturated heterocycles. The molecule has 2 N–H and O–H groups in total. The van der Waals surface area contributed by atoms with Crippen molar-refractivity contribution >= 4 is 23.3 Å². The molecule has 0 saturated carbocycles. The molecule has 9 nitrogen and oxygen atoms in total. The number of anilines is 2. The van der Waals surface area contributed by atoms with Crippen LogP contribution in [0.1, 0.15) is 26.3 Å². The SMILES string of the molecule is C=C1C=C(C(F)(F)F)C(C(=O)Nc2cc(-c3cc(CN4CCOCC4)ccc3F)ccc2N2CCN(C)C(COC(=O)C(C)(C)C)C2)=CN1. The van der Waals surface area contributed by atoms with E-state index in [9.17, 15) is 22.8 Å². The summed E-state index contributed by atoms with van der Waals surface area (Å²) in [4.78, 5) is 32.3.